The lowest BCUT2D eigenvalue weighted by Crippen LogP contribution is -2.62. The lowest BCUT2D eigenvalue weighted by Gasteiger charge is -2.30. The van der Waals surface area contributed by atoms with Gasteiger partial charge in [0.1, 0.15) is 48.3 Å². The second-order valence-electron chi connectivity index (χ2n) is 19.4. The van der Waals surface area contributed by atoms with Gasteiger partial charge in [-0.25, -0.2) is 4.79 Å². The van der Waals surface area contributed by atoms with Crippen LogP contribution in [-0.2, 0) is 75.2 Å². The van der Waals surface area contributed by atoms with Crippen molar-refractivity contribution in [3.05, 3.63) is 71.8 Å². The number of rotatable bonds is 33. The summed E-state index contributed by atoms with van der Waals surface area (Å²) in [5, 5.41) is 65.6. The maximum Gasteiger partial charge on any atom is 0.326 e. The maximum absolute atomic E-state index is 14.5. The number of amides is 9. The number of carbonyl (C=O) groups excluding carboxylic acids is 9. The van der Waals surface area contributed by atoms with Gasteiger partial charge in [-0.3, -0.25) is 57.5 Å². The van der Waals surface area contributed by atoms with Gasteiger partial charge in [0.25, 0.3) is 0 Å². The van der Waals surface area contributed by atoms with Crippen LogP contribution in [0.4, 0.5) is 0 Å². The van der Waals surface area contributed by atoms with E-state index in [0.717, 1.165) is 11.8 Å². The molecule has 16 N–H and O–H groups in total. The molecular weight excluding hydrogens is 1040 g/mol. The number of primary amides is 1. The molecule has 0 aromatic heterocycles. The Morgan fingerprint density at radius 3 is 1.47 bits per heavy atom. The van der Waals surface area contributed by atoms with Crippen LogP contribution < -0.4 is 48.7 Å². The van der Waals surface area contributed by atoms with E-state index in [9.17, 15) is 82.8 Å². The summed E-state index contributed by atoms with van der Waals surface area (Å²) in [5.41, 5.74) is 11.9. The molecule has 2 aromatic carbocycles. The molecule has 28 nitrogen and oxygen atoms in total. The average Bonchev–Trinajstić information content (AvgIpc) is 3.90. The molecule has 0 aliphatic carbocycles. The molecule has 28 heteroatoms. The van der Waals surface area contributed by atoms with Gasteiger partial charge in [0.15, 0.2) is 0 Å². The highest BCUT2D eigenvalue weighted by molar-refractivity contribution is 5.99. The number of benzene rings is 2. The van der Waals surface area contributed by atoms with Crippen LogP contribution in [0.15, 0.2) is 60.7 Å². The molecule has 79 heavy (non-hydrogen) atoms. The predicted octanol–water partition coefficient (Wildman–Crippen LogP) is -3.23. The molecule has 10 atom stereocenters. The van der Waals surface area contributed by atoms with Gasteiger partial charge in [0.2, 0.25) is 53.2 Å². The summed E-state index contributed by atoms with van der Waals surface area (Å²) in [6.07, 6.45) is -6.10. The Morgan fingerprint density at radius 1 is 0.544 bits per heavy atom. The fraction of sp³-hybridized carbons (Fsp3) is 0.510. The van der Waals surface area contributed by atoms with Crippen LogP contribution in [-0.4, -0.2) is 174 Å². The number of carboxylic acids is 4. The Morgan fingerprint density at radius 2 is 0.987 bits per heavy atom. The molecule has 1 aliphatic rings. The summed E-state index contributed by atoms with van der Waals surface area (Å²) in [6, 6.07) is 1.36. The summed E-state index contributed by atoms with van der Waals surface area (Å²) in [4.78, 5) is 171. The van der Waals surface area contributed by atoms with Crippen LogP contribution in [0, 0.1) is 5.92 Å². The Bertz CT molecular complexity index is 2520. The largest absolute Gasteiger partial charge is 0.481 e. The third kappa shape index (κ3) is 22.2. The molecule has 0 saturated carbocycles. The zero-order chi connectivity index (χ0) is 59.1. The van der Waals surface area contributed by atoms with E-state index in [0.29, 0.717) is 17.5 Å². The first-order valence-corrected chi connectivity index (χ1v) is 25.3. The number of aliphatic carboxylic acids is 4. The molecule has 0 radical (unpaired) electrons. The highest BCUT2D eigenvalue weighted by Gasteiger charge is 2.40. The minimum Gasteiger partial charge on any atom is -0.481 e. The molecule has 432 valence electrons. The minimum atomic E-state index is -1.94. The molecule has 0 unspecified atom stereocenters. The van der Waals surface area contributed by atoms with Crippen molar-refractivity contribution in [3.63, 3.8) is 0 Å². The molecule has 1 aliphatic heterocycles. The van der Waals surface area contributed by atoms with E-state index in [-0.39, 0.29) is 38.1 Å². The van der Waals surface area contributed by atoms with Crippen LogP contribution in [0.1, 0.15) is 89.7 Å². The Hall–Kier alpha value is -8.53. The molecule has 1 saturated heterocycles. The number of likely N-dealkylation sites (tertiary alicyclic amines) is 1. The van der Waals surface area contributed by atoms with Gasteiger partial charge in [0, 0.05) is 32.2 Å². The number of carbonyl (C=O) groups is 13. The predicted molar refractivity (Wildman–Crippen MR) is 275 cm³/mol. The van der Waals surface area contributed by atoms with Gasteiger partial charge in [-0.05, 0) is 56.1 Å². The van der Waals surface area contributed by atoms with Gasteiger partial charge in [0.05, 0.1) is 25.0 Å². The van der Waals surface area contributed by atoms with Gasteiger partial charge in [-0.2, -0.15) is 0 Å². The molecule has 1 fully saturated rings. The van der Waals surface area contributed by atoms with Gasteiger partial charge >= 0.3 is 23.9 Å². The number of aliphatic hydroxyl groups excluding tert-OH is 1. The van der Waals surface area contributed by atoms with Gasteiger partial charge in [-0.15, -0.1) is 0 Å². The van der Waals surface area contributed by atoms with Gasteiger partial charge in [-0.1, -0.05) is 74.5 Å². The molecule has 0 bridgehead atoms. The van der Waals surface area contributed by atoms with E-state index >= 15 is 0 Å². The quantitative estimate of drug-likeness (QED) is 0.0334. The second-order valence-corrected chi connectivity index (χ2v) is 19.4. The average molecular weight is 1110 g/mol. The molecule has 1 heterocycles. The van der Waals surface area contributed by atoms with Crippen molar-refractivity contribution in [3.8, 4) is 0 Å². The SMILES string of the molecule is CC(C)C[C@H](NC(=O)[C@@H](N)CC(=O)O)C(=O)N[C@@H](CC(=O)O)C(=O)N[C@@H](Cc1ccccc1)C(=O)N[C@@H](Cc1ccccc1)C(=O)N[C@H](C(=O)N[C@@H](CCC(N)=O)C(=O)N[C@@H](CCC(=O)O)C(=O)N1CCC[C@H]1C(=O)O)[C@@H](C)O. The fourth-order valence-electron chi connectivity index (χ4n) is 8.34. The normalized spacial score (nSPS) is 16.4. The van der Waals surface area contributed by atoms with Crippen molar-refractivity contribution < 1.29 is 87.9 Å². The lowest BCUT2D eigenvalue weighted by molar-refractivity contribution is -0.150. The first-order chi connectivity index (χ1) is 37.2. The van der Waals surface area contributed by atoms with Crippen molar-refractivity contribution in [2.24, 2.45) is 17.4 Å². The van der Waals surface area contributed by atoms with E-state index in [4.69, 9.17) is 16.6 Å². The minimum absolute atomic E-state index is 0.0206. The van der Waals surface area contributed by atoms with Crippen molar-refractivity contribution in [2.75, 3.05) is 6.54 Å². The van der Waals surface area contributed by atoms with Crippen molar-refractivity contribution in [2.45, 2.75) is 152 Å². The van der Waals surface area contributed by atoms with Crippen LogP contribution in [0.5, 0.6) is 0 Å². The summed E-state index contributed by atoms with van der Waals surface area (Å²) < 4.78 is 0. The third-order valence-corrected chi connectivity index (χ3v) is 12.4. The molecule has 3 rings (SSSR count). The van der Waals surface area contributed by atoms with Crippen LogP contribution in [0.2, 0.25) is 0 Å². The molecular formula is C51H70N10O18. The second kappa shape index (κ2) is 31.6. The molecule has 9 amide bonds. The zero-order valence-electron chi connectivity index (χ0n) is 43.8. The summed E-state index contributed by atoms with van der Waals surface area (Å²) in [6.45, 7) is 4.44. The summed E-state index contributed by atoms with van der Waals surface area (Å²) in [5.74, 6) is -15.6. The van der Waals surface area contributed by atoms with Gasteiger partial charge < -0.3 is 79.1 Å². The Balaban J connectivity index is 1.97. The van der Waals surface area contributed by atoms with Crippen molar-refractivity contribution in [1.82, 2.24) is 42.1 Å². The number of hydrogen-bond donors (Lipinski definition) is 14. The number of hydrogen-bond acceptors (Lipinski definition) is 15. The van der Waals surface area contributed by atoms with E-state index in [2.05, 4.69) is 37.2 Å². The molecule has 0 spiro atoms. The van der Waals surface area contributed by atoms with Crippen LogP contribution >= 0.6 is 0 Å². The highest BCUT2D eigenvalue weighted by atomic mass is 16.4. The number of nitrogens with one attached hydrogen (secondary N) is 7. The maximum atomic E-state index is 14.5. The number of nitrogens with zero attached hydrogens (tertiary/aromatic N) is 1. The van der Waals surface area contributed by atoms with Crippen molar-refractivity contribution >= 4 is 77.0 Å². The standard InChI is InChI=1S/C51H70N10O18/c1-26(2)21-33(56-43(70)30(52)24-40(66)67)45(72)59-36(25-41(68)69)47(74)57-34(22-28-11-6-4-7-12-28)46(73)58-35(23-29-13-8-5-9-14-29)48(75)60-42(27(3)62)49(76)54-31(16-18-38(53)63)44(71)55-32(17-19-39(64)65)50(77)61-20-10-15-37(61)51(78)79/h4-9,11-14,26-27,30-37,42,62H,10,15-25,52H2,1-3H3,(H2,53,63)(H,54,76)(H,55,71)(H,56,70)(H,57,74)(H,58,73)(H,59,72)(H,60,75)(H,64,65)(H,66,67)(H,68,69)(H,78,79)/t27-,30+,31+,32+,33+,34+,35+,36+,37+,42+/m1/s1. The van der Waals surface area contributed by atoms with Crippen LogP contribution in [0.3, 0.4) is 0 Å². The first-order valence-electron chi connectivity index (χ1n) is 25.3. The summed E-state index contributed by atoms with van der Waals surface area (Å²) in [7, 11) is 0. The smallest absolute Gasteiger partial charge is 0.326 e. The van der Waals surface area contributed by atoms with E-state index in [1.807, 2.05) is 0 Å². The highest BCUT2D eigenvalue weighted by Crippen LogP contribution is 2.20. The topological polar surface area (TPSA) is 463 Å². The van der Waals surface area contributed by atoms with E-state index < -0.39 is 176 Å². The Kier molecular flexibility index (Phi) is 25.9. The lowest BCUT2D eigenvalue weighted by atomic mass is 10.0. The monoisotopic (exact) mass is 1110 g/mol. The third-order valence-electron chi connectivity index (χ3n) is 12.4. The fourth-order valence-corrected chi connectivity index (χ4v) is 8.34. The van der Waals surface area contributed by atoms with Crippen molar-refractivity contribution in [1.29, 1.82) is 0 Å². The summed E-state index contributed by atoms with van der Waals surface area (Å²) >= 11 is 0. The van der Waals surface area contributed by atoms with E-state index in [1.54, 1.807) is 74.5 Å². The number of aliphatic hydroxyl groups is 1. The first kappa shape index (κ1) is 64.8. The molecule has 2 aromatic rings. The van der Waals surface area contributed by atoms with E-state index in [1.165, 1.54) is 0 Å². The number of nitrogens with two attached hydrogens (primary N) is 2. The zero-order valence-corrected chi connectivity index (χ0v) is 43.8. The van der Waals surface area contributed by atoms with Crippen LogP contribution in [0.25, 0.3) is 0 Å². The Labute approximate surface area is 453 Å². The number of carboxylic acid groups (broad SMARTS) is 4.